The summed E-state index contributed by atoms with van der Waals surface area (Å²) in [5, 5.41) is 2.95. The Bertz CT molecular complexity index is 1160. The summed E-state index contributed by atoms with van der Waals surface area (Å²) < 4.78 is 2.05. The maximum atomic E-state index is 12.5. The van der Waals surface area contributed by atoms with Crippen molar-refractivity contribution < 1.29 is 4.79 Å². The van der Waals surface area contributed by atoms with Crippen LogP contribution in [0.4, 0.5) is 5.82 Å². The van der Waals surface area contributed by atoms with E-state index < -0.39 is 0 Å². The summed E-state index contributed by atoms with van der Waals surface area (Å²) >= 11 is 0. The van der Waals surface area contributed by atoms with E-state index >= 15 is 0 Å². The fourth-order valence-electron chi connectivity index (χ4n) is 3.07. The molecule has 28 heavy (non-hydrogen) atoms. The van der Waals surface area contributed by atoms with Crippen molar-refractivity contribution in [1.29, 1.82) is 0 Å². The molecule has 0 saturated carbocycles. The van der Waals surface area contributed by atoms with Gasteiger partial charge in [-0.15, -0.1) is 0 Å². The van der Waals surface area contributed by atoms with Gasteiger partial charge < -0.3 is 15.6 Å². The number of benzene rings is 2. The van der Waals surface area contributed by atoms with E-state index in [4.69, 9.17) is 5.73 Å². The number of carbonyl (C=O) groups is 1. The highest BCUT2D eigenvalue weighted by atomic mass is 16.1. The van der Waals surface area contributed by atoms with Crippen LogP contribution in [-0.4, -0.2) is 25.4 Å². The van der Waals surface area contributed by atoms with Crippen molar-refractivity contribution in [3.05, 3.63) is 71.8 Å². The number of aryl methyl sites for hydroxylation is 2. The third-order valence-corrected chi connectivity index (χ3v) is 4.72. The van der Waals surface area contributed by atoms with E-state index in [1.807, 2.05) is 48.9 Å². The van der Waals surface area contributed by atoms with Crippen LogP contribution < -0.4 is 11.1 Å². The summed E-state index contributed by atoms with van der Waals surface area (Å²) in [4.78, 5) is 25.3. The Morgan fingerprint density at radius 3 is 2.64 bits per heavy atom. The van der Waals surface area contributed by atoms with E-state index in [-0.39, 0.29) is 5.91 Å². The summed E-state index contributed by atoms with van der Waals surface area (Å²) in [5.41, 5.74) is 10.8. The third-order valence-electron chi connectivity index (χ3n) is 4.72. The molecule has 0 atom stereocenters. The minimum Gasteiger partial charge on any atom is -0.382 e. The monoisotopic (exact) mass is 372 g/mol. The molecule has 0 radical (unpaired) electrons. The van der Waals surface area contributed by atoms with Crippen LogP contribution >= 0.6 is 0 Å². The van der Waals surface area contributed by atoms with Crippen LogP contribution in [0.3, 0.4) is 0 Å². The van der Waals surface area contributed by atoms with Crippen LogP contribution in [0.25, 0.3) is 22.3 Å². The zero-order chi connectivity index (χ0) is 19.7. The second-order valence-electron chi connectivity index (χ2n) is 6.63. The molecule has 0 aliphatic carbocycles. The average molecular weight is 372 g/mol. The largest absolute Gasteiger partial charge is 0.382 e. The number of nitrogen functional groups attached to an aromatic ring is 1. The number of hydrogen-bond acceptors (Lipinski definition) is 5. The van der Waals surface area contributed by atoms with Gasteiger partial charge in [-0.25, -0.2) is 9.97 Å². The van der Waals surface area contributed by atoms with Gasteiger partial charge in [-0.3, -0.25) is 9.78 Å². The van der Waals surface area contributed by atoms with Crippen LogP contribution in [0, 0.1) is 6.92 Å². The van der Waals surface area contributed by atoms with E-state index in [1.54, 1.807) is 18.3 Å². The van der Waals surface area contributed by atoms with Crippen LogP contribution in [0.1, 0.15) is 21.7 Å². The van der Waals surface area contributed by atoms with Crippen molar-refractivity contribution in [3.63, 3.8) is 0 Å². The number of amides is 1. The molecular formula is C21H20N6O. The van der Waals surface area contributed by atoms with Gasteiger partial charge in [0.15, 0.2) is 0 Å². The van der Waals surface area contributed by atoms with Gasteiger partial charge in [0.05, 0.1) is 29.1 Å². The van der Waals surface area contributed by atoms with Crippen molar-refractivity contribution in [3.8, 4) is 11.3 Å². The first-order valence-corrected chi connectivity index (χ1v) is 8.89. The van der Waals surface area contributed by atoms with Gasteiger partial charge in [0.25, 0.3) is 5.91 Å². The molecule has 140 valence electrons. The molecule has 2 aromatic heterocycles. The summed E-state index contributed by atoms with van der Waals surface area (Å²) in [7, 11) is 1.99. The molecule has 1 amide bonds. The molecule has 7 heteroatoms. The predicted molar refractivity (Wildman–Crippen MR) is 109 cm³/mol. The lowest BCUT2D eigenvalue weighted by atomic mass is 10.1. The first kappa shape index (κ1) is 17.7. The number of anilines is 1. The molecule has 2 aromatic carbocycles. The lowest BCUT2D eigenvalue weighted by Gasteiger charge is -2.07. The van der Waals surface area contributed by atoms with Crippen molar-refractivity contribution in [2.24, 2.45) is 7.05 Å². The highest BCUT2D eigenvalue weighted by Gasteiger charge is 2.09. The van der Waals surface area contributed by atoms with Gasteiger partial charge in [0.2, 0.25) is 0 Å². The lowest BCUT2D eigenvalue weighted by molar-refractivity contribution is 0.0951. The summed E-state index contributed by atoms with van der Waals surface area (Å²) in [6.07, 6.45) is 3.13. The predicted octanol–water partition coefficient (Wildman–Crippen LogP) is 2.85. The van der Waals surface area contributed by atoms with E-state index in [0.29, 0.717) is 23.6 Å². The molecule has 4 aromatic rings. The van der Waals surface area contributed by atoms with Crippen molar-refractivity contribution in [2.45, 2.75) is 13.5 Å². The van der Waals surface area contributed by atoms with Crippen molar-refractivity contribution in [2.75, 3.05) is 5.73 Å². The van der Waals surface area contributed by atoms with Crippen molar-refractivity contribution >= 4 is 22.8 Å². The standard InChI is InChI=1S/C21H20N6O/c1-13-25-17-9-14(3-8-19(17)27(13)2)10-24-21(28)16-6-4-15(5-7-16)18-11-23-12-20(22)26-18/h3-9,11-12H,10H2,1-2H3,(H2,22,26)(H,24,28). The number of nitrogens with two attached hydrogens (primary N) is 1. The van der Waals surface area contributed by atoms with Gasteiger partial charge in [-0.1, -0.05) is 18.2 Å². The first-order valence-electron chi connectivity index (χ1n) is 8.89. The fraction of sp³-hybridized carbons (Fsp3) is 0.143. The third kappa shape index (κ3) is 3.42. The SMILES string of the molecule is Cc1nc2cc(CNC(=O)c3ccc(-c4cncc(N)n4)cc3)ccc2n1C. The molecule has 2 heterocycles. The molecule has 0 spiro atoms. The number of carbonyl (C=O) groups excluding carboxylic acids is 1. The van der Waals surface area contributed by atoms with Crippen LogP contribution in [-0.2, 0) is 13.6 Å². The quantitative estimate of drug-likeness (QED) is 0.574. The molecule has 4 rings (SSSR count). The number of nitrogens with zero attached hydrogens (tertiary/aromatic N) is 4. The molecule has 0 saturated heterocycles. The van der Waals surface area contributed by atoms with Crippen molar-refractivity contribution in [1.82, 2.24) is 24.8 Å². The smallest absolute Gasteiger partial charge is 0.251 e. The molecule has 0 unspecified atom stereocenters. The second-order valence-corrected chi connectivity index (χ2v) is 6.63. The summed E-state index contributed by atoms with van der Waals surface area (Å²) in [5.74, 6) is 1.18. The van der Waals surface area contributed by atoms with Crippen LogP contribution in [0.5, 0.6) is 0 Å². The van der Waals surface area contributed by atoms with Gasteiger partial charge in [-0.2, -0.15) is 0 Å². The zero-order valence-electron chi connectivity index (χ0n) is 15.7. The van der Waals surface area contributed by atoms with E-state index in [2.05, 4.69) is 20.3 Å². The molecule has 0 aliphatic heterocycles. The maximum Gasteiger partial charge on any atom is 0.251 e. The highest BCUT2D eigenvalue weighted by Crippen LogP contribution is 2.18. The van der Waals surface area contributed by atoms with E-state index in [0.717, 1.165) is 28.0 Å². The van der Waals surface area contributed by atoms with E-state index in [1.165, 1.54) is 6.20 Å². The number of aromatic nitrogens is 4. The summed E-state index contributed by atoms with van der Waals surface area (Å²) in [6, 6.07) is 13.2. The molecular weight excluding hydrogens is 352 g/mol. The second kappa shape index (κ2) is 7.11. The molecule has 7 nitrogen and oxygen atoms in total. The molecule has 0 fully saturated rings. The normalized spacial score (nSPS) is 10.9. The number of nitrogens with one attached hydrogen (secondary N) is 1. The number of fused-ring (bicyclic) bond motifs is 1. The van der Waals surface area contributed by atoms with Crippen LogP contribution in [0.2, 0.25) is 0 Å². The Hall–Kier alpha value is -3.74. The minimum atomic E-state index is -0.137. The Kier molecular flexibility index (Phi) is 4.49. The van der Waals surface area contributed by atoms with Gasteiger partial charge in [0.1, 0.15) is 11.6 Å². The highest BCUT2D eigenvalue weighted by molar-refractivity contribution is 5.94. The van der Waals surface area contributed by atoms with Gasteiger partial charge in [-0.05, 0) is 36.8 Å². The minimum absolute atomic E-state index is 0.137. The Balaban J connectivity index is 1.45. The van der Waals surface area contributed by atoms with Gasteiger partial charge in [0, 0.05) is 24.7 Å². The zero-order valence-corrected chi connectivity index (χ0v) is 15.7. The summed E-state index contributed by atoms with van der Waals surface area (Å²) in [6.45, 7) is 2.41. The average Bonchev–Trinajstić information content (AvgIpc) is 2.99. The van der Waals surface area contributed by atoms with Crippen LogP contribution in [0.15, 0.2) is 54.9 Å². The molecule has 3 N–H and O–H groups in total. The Morgan fingerprint density at radius 1 is 1.11 bits per heavy atom. The topological polar surface area (TPSA) is 98.7 Å². The van der Waals surface area contributed by atoms with E-state index in [9.17, 15) is 4.79 Å². The number of imidazole rings is 1. The Labute approximate surface area is 162 Å². The maximum absolute atomic E-state index is 12.5. The number of hydrogen-bond donors (Lipinski definition) is 2. The molecule has 0 aliphatic rings. The van der Waals surface area contributed by atoms with Gasteiger partial charge >= 0.3 is 0 Å². The Morgan fingerprint density at radius 2 is 1.89 bits per heavy atom. The number of rotatable bonds is 4. The first-order chi connectivity index (χ1) is 13.5. The molecule has 0 bridgehead atoms. The fourth-order valence-corrected chi connectivity index (χ4v) is 3.07. The lowest BCUT2D eigenvalue weighted by Crippen LogP contribution is -2.22.